The molecule has 8 heteroatoms. The van der Waals surface area contributed by atoms with E-state index in [1.165, 1.54) is 0 Å². The second-order valence-electron chi connectivity index (χ2n) is 3.87. The SMILES string of the molecule is C[C@H]1[C@@H]2CN(NC(=O)C(F)(F)F)[C@H]1C(=O)O2. The number of nitrogens with zero attached hydrogens (tertiary/aromatic N) is 1. The van der Waals surface area contributed by atoms with Gasteiger partial charge in [-0.05, 0) is 0 Å². The molecule has 5 nitrogen and oxygen atoms in total. The molecule has 0 unspecified atom stereocenters. The average molecular weight is 238 g/mol. The maximum atomic E-state index is 12.0. The Morgan fingerprint density at radius 2 is 2.19 bits per heavy atom. The Hall–Kier alpha value is -1.31. The van der Waals surface area contributed by atoms with Crippen LogP contribution in [0.3, 0.4) is 0 Å². The van der Waals surface area contributed by atoms with E-state index >= 15 is 0 Å². The Balaban J connectivity index is 2.04. The van der Waals surface area contributed by atoms with Gasteiger partial charge in [-0.3, -0.25) is 15.0 Å². The summed E-state index contributed by atoms with van der Waals surface area (Å²) in [6, 6.07) is -0.809. The fraction of sp³-hybridized carbons (Fsp3) is 0.750. The van der Waals surface area contributed by atoms with E-state index in [2.05, 4.69) is 0 Å². The first-order chi connectivity index (χ1) is 7.30. The summed E-state index contributed by atoms with van der Waals surface area (Å²) in [6.45, 7) is 1.79. The summed E-state index contributed by atoms with van der Waals surface area (Å²) in [7, 11) is 0. The number of carbonyl (C=O) groups is 2. The highest BCUT2D eigenvalue weighted by Gasteiger charge is 2.54. The van der Waals surface area contributed by atoms with Crippen LogP contribution in [0.2, 0.25) is 0 Å². The van der Waals surface area contributed by atoms with Gasteiger partial charge in [0.2, 0.25) is 0 Å². The molecule has 2 bridgehead atoms. The lowest BCUT2D eigenvalue weighted by Crippen LogP contribution is -2.54. The quantitative estimate of drug-likeness (QED) is 0.644. The molecule has 1 amide bonds. The molecule has 90 valence electrons. The monoisotopic (exact) mass is 238 g/mol. The molecule has 0 aliphatic carbocycles. The van der Waals surface area contributed by atoms with Gasteiger partial charge >= 0.3 is 18.1 Å². The zero-order chi connectivity index (χ0) is 12.1. The number of fused-ring (bicyclic) bond motifs is 2. The normalized spacial score (nSPS) is 34.0. The first-order valence-corrected chi connectivity index (χ1v) is 4.65. The van der Waals surface area contributed by atoms with Crippen molar-refractivity contribution in [2.45, 2.75) is 25.2 Å². The predicted molar refractivity (Wildman–Crippen MR) is 43.7 cm³/mol. The van der Waals surface area contributed by atoms with Crippen LogP contribution in [0.25, 0.3) is 0 Å². The number of amides is 1. The van der Waals surface area contributed by atoms with E-state index in [4.69, 9.17) is 4.74 Å². The molecule has 2 aliphatic rings. The Kier molecular flexibility index (Phi) is 2.33. The van der Waals surface area contributed by atoms with Gasteiger partial charge in [-0.15, -0.1) is 0 Å². The lowest BCUT2D eigenvalue weighted by atomic mass is 10.1. The zero-order valence-corrected chi connectivity index (χ0v) is 8.25. The third-order valence-electron chi connectivity index (χ3n) is 2.81. The molecule has 0 aromatic heterocycles. The van der Waals surface area contributed by atoms with Gasteiger partial charge in [0.25, 0.3) is 0 Å². The second-order valence-corrected chi connectivity index (χ2v) is 3.87. The molecule has 0 spiro atoms. The van der Waals surface area contributed by atoms with Gasteiger partial charge in [-0.25, -0.2) is 5.01 Å². The number of morpholine rings is 1. The van der Waals surface area contributed by atoms with Crippen LogP contribution < -0.4 is 5.43 Å². The molecular weight excluding hydrogens is 229 g/mol. The first-order valence-electron chi connectivity index (χ1n) is 4.65. The predicted octanol–water partition coefficient (Wildman–Crippen LogP) is -0.174. The van der Waals surface area contributed by atoms with Crippen molar-refractivity contribution >= 4 is 11.9 Å². The molecule has 2 aliphatic heterocycles. The van der Waals surface area contributed by atoms with E-state index in [0.717, 1.165) is 5.01 Å². The number of nitrogens with one attached hydrogen (secondary N) is 1. The standard InChI is InChI=1S/C8H9F3N2O3/c1-3-4-2-13(5(3)6(14)16-4)12-7(15)8(9,10)11/h3-5H,2H2,1H3,(H,12,15)/t3-,4-,5+/m0/s1. The van der Waals surface area contributed by atoms with Gasteiger partial charge in [-0.2, -0.15) is 13.2 Å². The van der Waals surface area contributed by atoms with E-state index in [9.17, 15) is 22.8 Å². The highest BCUT2D eigenvalue weighted by Crippen LogP contribution is 2.33. The number of alkyl halides is 3. The highest BCUT2D eigenvalue weighted by molar-refractivity contribution is 5.83. The van der Waals surface area contributed by atoms with Crippen molar-refractivity contribution in [2.24, 2.45) is 5.92 Å². The first kappa shape index (κ1) is 11.2. The number of hydrazine groups is 1. The summed E-state index contributed by atoms with van der Waals surface area (Å²) in [5.41, 5.74) is 1.68. The molecule has 0 radical (unpaired) electrons. The molecule has 0 aromatic carbocycles. The number of halogens is 3. The van der Waals surface area contributed by atoms with Crippen LogP contribution in [0.5, 0.6) is 0 Å². The van der Waals surface area contributed by atoms with E-state index in [1.807, 2.05) is 0 Å². The summed E-state index contributed by atoms with van der Waals surface area (Å²) >= 11 is 0. The van der Waals surface area contributed by atoms with Crippen LogP contribution in [0, 0.1) is 5.92 Å². The van der Waals surface area contributed by atoms with Crippen molar-refractivity contribution in [1.82, 2.24) is 10.4 Å². The highest BCUT2D eigenvalue weighted by atomic mass is 19.4. The number of hydrogen-bond acceptors (Lipinski definition) is 4. The van der Waals surface area contributed by atoms with Gasteiger partial charge in [0.1, 0.15) is 12.1 Å². The van der Waals surface area contributed by atoms with Crippen LogP contribution >= 0.6 is 0 Å². The van der Waals surface area contributed by atoms with E-state index in [1.54, 1.807) is 12.3 Å². The third kappa shape index (κ3) is 1.62. The summed E-state index contributed by atoms with van der Waals surface area (Å²) < 4.78 is 40.8. The Morgan fingerprint density at radius 3 is 2.62 bits per heavy atom. The Bertz CT molecular complexity index is 344. The topological polar surface area (TPSA) is 58.6 Å². The summed E-state index contributed by atoms with van der Waals surface area (Å²) in [5, 5.41) is 0.997. The number of ether oxygens (including phenoxy) is 1. The summed E-state index contributed by atoms with van der Waals surface area (Å²) in [6.07, 6.45) is -5.39. The number of carbonyl (C=O) groups excluding carboxylic acids is 2. The summed E-state index contributed by atoms with van der Waals surface area (Å²) in [4.78, 5) is 21.9. The van der Waals surface area contributed by atoms with Crippen LogP contribution in [-0.4, -0.2) is 41.8 Å². The lowest BCUT2D eigenvalue weighted by Gasteiger charge is -2.26. The van der Waals surface area contributed by atoms with Crippen molar-refractivity contribution in [1.29, 1.82) is 0 Å². The molecule has 2 fully saturated rings. The van der Waals surface area contributed by atoms with Gasteiger partial charge in [0.15, 0.2) is 0 Å². The van der Waals surface area contributed by atoms with Crippen molar-refractivity contribution in [3.63, 3.8) is 0 Å². The number of esters is 1. The lowest BCUT2D eigenvalue weighted by molar-refractivity contribution is -0.181. The second kappa shape index (κ2) is 3.34. The van der Waals surface area contributed by atoms with Crippen molar-refractivity contribution in [3.8, 4) is 0 Å². The van der Waals surface area contributed by atoms with Crippen LogP contribution in [-0.2, 0) is 14.3 Å². The van der Waals surface area contributed by atoms with Gasteiger partial charge in [0.05, 0.1) is 6.54 Å². The van der Waals surface area contributed by atoms with Crippen molar-refractivity contribution in [3.05, 3.63) is 0 Å². The van der Waals surface area contributed by atoms with Crippen LogP contribution in [0.1, 0.15) is 6.92 Å². The fourth-order valence-corrected chi connectivity index (χ4v) is 1.98. The fourth-order valence-electron chi connectivity index (χ4n) is 1.98. The number of hydrogen-bond donors (Lipinski definition) is 1. The van der Waals surface area contributed by atoms with Crippen molar-refractivity contribution < 1.29 is 27.5 Å². The number of rotatable bonds is 1. The molecular formula is C8H9F3N2O3. The van der Waals surface area contributed by atoms with E-state index in [0.29, 0.717) is 0 Å². The molecule has 0 aromatic rings. The molecule has 2 saturated heterocycles. The van der Waals surface area contributed by atoms with Crippen LogP contribution in [0.4, 0.5) is 13.2 Å². The van der Waals surface area contributed by atoms with Gasteiger partial charge < -0.3 is 4.74 Å². The van der Waals surface area contributed by atoms with Crippen LogP contribution in [0.15, 0.2) is 0 Å². The minimum atomic E-state index is -4.95. The maximum absolute atomic E-state index is 12.0. The minimum Gasteiger partial charge on any atom is -0.459 e. The van der Waals surface area contributed by atoms with Gasteiger partial charge in [0, 0.05) is 5.92 Å². The molecule has 0 saturated carbocycles. The molecule has 1 N–H and O–H groups in total. The Morgan fingerprint density at radius 1 is 1.56 bits per heavy atom. The van der Waals surface area contributed by atoms with Crippen molar-refractivity contribution in [2.75, 3.05) is 6.54 Å². The van der Waals surface area contributed by atoms with E-state index < -0.39 is 30.2 Å². The third-order valence-corrected chi connectivity index (χ3v) is 2.81. The average Bonchev–Trinajstić information content (AvgIpc) is 2.55. The smallest absolute Gasteiger partial charge is 0.459 e. The zero-order valence-electron chi connectivity index (χ0n) is 8.25. The summed E-state index contributed by atoms with van der Waals surface area (Å²) in [5.74, 6) is -2.87. The Labute approximate surface area is 88.5 Å². The van der Waals surface area contributed by atoms with E-state index in [-0.39, 0.29) is 12.5 Å². The molecule has 2 rings (SSSR count). The minimum absolute atomic E-state index is 0.0966. The molecule has 3 atom stereocenters. The molecule has 16 heavy (non-hydrogen) atoms. The largest absolute Gasteiger partial charge is 0.472 e. The molecule has 2 heterocycles. The van der Waals surface area contributed by atoms with Gasteiger partial charge in [-0.1, -0.05) is 6.92 Å². The maximum Gasteiger partial charge on any atom is 0.472 e.